The second-order valence-electron chi connectivity index (χ2n) is 3.76. The zero-order valence-corrected chi connectivity index (χ0v) is 8.48. The predicted molar refractivity (Wildman–Crippen MR) is 56.2 cm³/mol. The van der Waals surface area contributed by atoms with E-state index in [0.29, 0.717) is 12.6 Å². The Kier molecular flexibility index (Phi) is 2.63. The quantitative estimate of drug-likeness (QED) is 0.750. The van der Waals surface area contributed by atoms with Crippen molar-refractivity contribution < 1.29 is 0 Å². The maximum Gasteiger partial charge on any atom is 0.151 e. The predicted octanol–water partition coefficient (Wildman–Crippen LogP) is 0.713. The van der Waals surface area contributed by atoms with Gasteiger partial charge in [-0.15, -0.1) is 5.10 Å². The lowest BCUT2D eigenvalue weighted by molar-refractivity contribution is 0.667. The Morgan fingerprint density at radius 2 is 2.36 bits per heavy atom. The SMILES string of the molecule is Cc1ccc(N2CCC[C@@H]2CN)nn1. The molecule has 0 bridgehead atoms. The monoisotopic (exact) mass is 192 g/mol. The third-order valence-corrected chi connectivity index (χ3v) is 2.73. The van der Waals surface area contributed by atoms with Crippen LogP contribution in [0.1, 0.15) is 18.5 Å². The van der Waals surface area contributed by atoms with Crippen LogP contribution >= 0.6 is 0 Å². The smallest absolute Gasteiger partial charge is 0.151 e. The average Bonchev–Trinajstić information content (AvgIpc) is 2.67. The van der Waals surface area contributed by atoms with Crippen molar-refractivity contribution in [2.24, 2.45) is 5.73 Å². The minimum Gasteiger partial charge on any atom is -0.351 e. The van der Waals surface area contributed by atoms with Gasteiger partial charge in [-0.2, -0.15) is 5.10 Å². The number of aryl methyl sites for hydroxylation is 1. The molecule has 1 aliphatic rings. The molecule has 4 nitrogen and oxygen atoms in total. The molecule has 2 N–H and O–H groups in total. The maximum atomic E-state index is 5.70. The van der Waals surface area contributed by atoms with E-state index in [2.05, 4.69) is 15.1 Å². The van der Waals surface area contributed by atoms with Crippen LogP contribution in [0.3, 0.4) is 0 Å². The Bertz CT molecular complexity index is 295. The van der Waals surface area contributed by atoms with Crippen molar-refractivity contribution in [2.45, 2.75) is 25.8 Å². The van der Waals surface area contributed by atoms with Crippen LogP contribution in [0.15, 0.2) is 12.1 Å². The number of nitrogens with two attached hydrogens (primary N) is 1. The molecule has 1 aromatic heterocycles. The largest absolute Gasteiger partial charge is 0.351 e. The summed E-state index contributed by atoms with van der Waals surface area (Å²) in [6, 6.07) is 4.47. The lowest BCUT2D eigenvalue weighted by Gasteiger charge is -2.23. The van der Waals surface area contributed by atoms with E-state index in [9.17, 15) is 0 Å². The number of anilines is 1. The van der Waals surface area contributed by atoms with E-state index < -0.39 is 0 Å². The Morgan fingerprint density at radius 3 is 3.00 bits per heavy atom. The van der Waals surface area contributed by atoms with Crippen molar-refractivity contribution in [3.8, 4) is 0 Å². The summed E-state index contributed by atoms with van der Waals surface area (Å²) in [6.07, 6.45) is 2.38. The van der Waals surface area contributed by atoms with Gasteiger partial charge in [-0.25, -0.2) is 0 Å². The van der Waals surface area contributed by atoms with Crippen molar-refractivity contribution in [1.29, 1.82) is 0 Å². The molecule has 14 heavy (non-hydrogen) atoms. The van der Waals surface area contributed by atoms with Gasteiger partial charge in [0, 0.05) is 19.1 Å². The highest BCUT2D eigenvalue weighted by molar-refractivity contribution is 5.40. The fourth-order valence-electron chi connectivity index (χ4n) is 1.93. The van der Waals surface area contributed by atoms with Crippen LogP contribution in [0.4, 0.5) is 5.82 Å². The molecule has 0 unspecified atom stereocenters. The molecule has 1 aromatic rings. The molecule has 1 fully saturated rings. The van der Waals surface area contributed by atoms with Crippen molar-refractivity contribution in [2.75, 3.05) is 18.0 Å². The van der Waals surface area contributed by atoms with Gasteiger partial charge in [0.2, 0.25) is 0 Å². The van der Waals surface area contributed by atoms with E-state index in [-0.39, 0.29) is 0 Å². The lowest BCUT2D eigenvalue weighted by Crippen LogP contribution is -2.36. The first-order valence-corrected chi connectivity index (χ1v) is 5.08. The van der Waals surface area contributed by atoms with Crippen molar-refractivity contribution in [3.63, 3.8) is 0 Å². The number of hydrogen-bond acceptors (Lipinski definition) is 4. The molecule has 76 valence electrons. The summed E-state index contributed by atoms with van der Waals surface area (Å²) in [5.41, 5.74) is 6.66. The minimum absolute atomic E-state index is 0.451. The molecule has 0 amide bonds. The lowest BCUT2D eigenvalue weighted by atomic mass is 10.2. The van der Waals surface area contributed by atoms with E-state index >= 15 is 0 Å². The second kappa shape index (κ2) is 3.92. The van der Waals surface area contributed by atoms with Gasteiger partial charge in [0.15, 0.2) is 5.82 Å². The third-order valence-electron chi connectivity index (χ3n) is 2.73. The van der Waals surface area contributed by atoms with Gasteiger partial charge in [-0.1, -0.05) is 0 Å². The minimum atomic E-state index is 0.451. The van der Waals surface area contributed by atoms with E-state index in [1.807, 2.05) is 19.1 Å². The molecule has 1 atom stereocenters. The van der Waals surface area contributed by atoms with Crippen LogP contribution in [0.2, 0.25) is 0 Å². The van der Waals surface area contributed by atoms with E-state index in [0.717, 1.165) is 18.1 Å². The maximum absolute atomic E-state index is 5.70. The van der Waals surface area contributed by atoms with E-state index in [1.54, 1.807) is 0 Å². The molecule has 0 radical (unpaired) electrons. The third kappa shape index (κ3) is 1.70. The summed E-state index contributed by atoms with van der Waals surface area (Å²) in [6.45, 7) is 3.70. The summed E-state index contributed by atoms with van der Waals surface area (Å²) >= 11 is 0. The Morgan fingerprint density at radius 1 is 1.50 bits per heavy atom. The van der Waals surface area contributed by atoms with Crippen LogP contribution in [-0.4, -0.2) is 29.3 Å². The van der Waals surface area contributed by atoms with Crippen molar-refractivity contribution in [3.05, 3.63) is 17.8 Å². The van der Waals surface area contributed by atoms with Crippen LogP contribution in [0.5, 0.6) is 0 Å². The van der Waals surface area contributed by atoms with Crippen molar-refractivity contribution >= 4 is 5.82 Å². The molecule has 2 rings (SSSR count). The summed E-state index contributed by atoms with van der Waals surface area (Å²) in [7, 11) is 0. The Labute approximate surface area is 84.1 Å². The van der Waals surface area contributed by atoms with Gasteiger partial charge in [0.05, 0.1) is 5.69 Å². The Balaban J connectivity index is 2.17. The number of rotatable bonds is 2. The van der Waals surface area contributed by atoms with Gasteiger partial charge in [0.25, 0.3) is 0 Å². The fraction of sp³-hybridized carbons (Fsp3) is 0.600. The van der Waals surface area contributed by atoms with Crippen molar-refractivity contribution in [1.82, 2.24) is 10.2 Å². The molecule has 0 spiro atoms. The topological polar surface area (TPSA) is 55.0 Å². The van der Waals surface area contributed by atoms with Gasteiger partial charge >= 0.3 is 0 Å². The molecule has 0 saturated carbocycles. The molecule has 0 aliphatic carbocycles. The van der Waals surface area contributed by atoms with E-state index in [1.165, 1.54) is 12.8 Å². The average molecular weight is 192 g/mol. The number of hydrogen-bond donors (Lipinski definition) is 1. The molecular formula is C10H16N4. The zero-order chi connectivity index (χ0) is 9.97. The standard InChI is InChI=1S/C10H16N4/c1-8-4-5-10(13-12-8)14-6-2-3-9(14)7-11/h4-5,9H,2-3,6-7,11H2,1H3/t9-/m1/s1. The molecule has 1 saturated heterocycles. The number of nitrogens with zero attached hydrogens (tertiary/aromatic N) is 3. The first-order valence-electron chi connectivity index (χ1n) is 5.08. The Hall–Kier alpha value is -1.16. The second-order valence-corrected chi connectivity index (χ2v) is 3.76. The number of aromatic nitrogens is 2. The van der Waals surface area contributed by atoms with Crippen LogP contribution in [0, 0.1) is 6.92 Å². The van der Waals surface area contributed by atoms with Gasteiger partial charge in [0.1, 0.15) is 0 Å². The zero-order valence-electron chi connectivity index (χ0n) is 8.48. The molecule has 0 aromatic carbocycles. The highest BCUT2D eigenvalue weighted by atomic mass is 15.3. The van der Waals surface area contributed by atoms with Crippen LogP contribution in [0.25, 0.3) is 0 Å². The van der Waals surface area contributed by atoms with Gasteiger partial charge < -0.3 is 10.6 Å². The van der Waals surface area contributed by atoms with E-state index in [4.69, 9.17) is 5.73 Å². The molecule has 1 aliphatic heterocycles. The first kappa shape index (κ1) is 9.40. The molecular weight excluding hydrogens is 176 g/mol. The first-order chi connectivity index (χ1) is 6.81. The summed E-state index contributed by atoms with van der Waals surface area (Å²) in [4.78, 5) is 2.26. The van der Waals surface area contributed by atoms with Gasteiger partial charge in [-0.05, 0) is 31.9 Å². The summed E-state index contributed by atoms with van der Waals surface area (Å²) in [5.74, 6) is 0.962. The fourth-order valence-corrected chi connectivity index (χ4v) is 1.93. The highest BCUT2D eigenvalue weighted by Gasteiger charge is 2.24. The highest BCUT2D eigenvalue weighted by Crippen LogP contribution is 2.22. The summed E-state index contributed by atoms with van der Waals surface area (Å²) < 4.78 is 0. The summed E-state index contributed by atoms with van der Waals surface area (Å²) in [5, 5.41) is 8.24. The van der Waals surface area contributed by atoms with Crippen LogP contribution < -0.4 is 10.6 Å². The normalized spacial score (nSPS) is 21.6. The molecule has 2 heterocycles. The molecule has 4 heteroatoms. The van der Waals surface area contributed by atoms with Crippen LogP contribution in [-0.2, 0) is 0 Å². The van der Waals surface area contributed by atoms with Gasteiger partial charge in [-0.3, -0.25) is 0 Å².